The molecule has 2 aliphatic carbocycles. The Balaban J connectivity index is -0.000000174. The number of halogens is 1. The molecule has 3 rings (SSSR count). The average molecular weight is 1600 g/mol. The lowest BCUT2D eigenvalue weighted by molar-refractivity contribution is -0.130. The zero-order chi connectivity index (χ0) is 89.5. The lowest BCUT2D eigenvalue weighted by Gasteiger charge is -2.34. The van der Waals surface area contributed by atoms with Gasteiger partial charge in [-0.2, -0.15) is 0 Å². The number of hydrogen-bond donors (Lipinski definition) is 3. The van der Waals surface area contributed by atoms with Crippen LogP contribution in [0, 0.1) is 51.8 Å². The van der Waals surface area contributed by atoms with E-state index in [0.717, 1.165) is 67.2 Å². The van der Waals surface area contributed by atoms with E-state index in [0.29, 0.717) is 11.1 Å². The van der Waals surface area contributed by atoms with Crippen molar-refractivity contribution in [2.24, 2.45) is 27.1 Å². The maximum Gasteiger partial charge on any atom is 0.296 e. The van der Waals surface area contributed by atoms with Gasteiger partial charge in [-0.1, -0.05) is 203 Å². The minimum atomic E-state index is -3.26. The van der Waals surface area contributed by atoms with Crippen LogP contribution in [0.3, 0.4) is 0 Å². The van der Waals surface area contributed by atoms with Crippen molar-refractivity contribution in [3.8, 4) is 24.7 Å². The molecule has 0 saturated carbocycles. The molecule has 0 atom stereocenters. The number of sulfone groups is 1. The molecule has 0 unspecified atom stereocenters. The number of rotatable bonds is 13. The number of allylic oxidation sites excluding steroid dienone is 8. The van der Waals surface area contributed by atoms with Crippen molar-refractivity contribution >= 4 is 72.3 Å². The number of nitrogens with zero attached hydrogens (tertiary/aromatic N) is 3. The number of nitrogens with one attached hydrogen (secondary N) is 3. The Morgan fingerprint density at radius 2 is 1.01 bits per heavy atom. The van der Waals surface area contributed by atoms with Crippen LogP contribution >= 0.6 is 11.6 Å². The molecule has 3 amide bonds. The van der Waals surface area contributed by atoms with Gasteiger partial charge >= 0.3 is 0 Å². The summed E-state index contributed by atoms with van der Waals surface area (Å²) in [6, 6.07) is 1.88. The Morgan fingerprint density at radius 3 is 1.22 bits per heavy atom. The zero-order valence-electron chi connectivity index (χ0n) is 75.6. The van der Waals surface area contributed by atoms with Crippen LogP contribution in [-0.2, 0) is 58.8 Å². The van der Waals surface area contributed by atoms with Gasteiger partial charge in [-0.15, -0.1) is 12.8 Å². The van der Waals surface area contributed by atoms with Gasteiger partial charge < -0.3 is 15.5 Å². The fraction of sp³-hybridized carbons (Fsp3) is 0.633. The van der Waals surface area contributed by atoms with Gasteiger partial charge in [-0.05, 0) is 238 Å². The van der Waals surface area contributed by atoms with Crippen molar-refractivity contribution < 1.29 is 50.4 Å². The summed E-state index contributed by atoms with van der Waals surface area (Å²) in [7, 11) is -6.34. The quantitative estimate of drug-likeness (QED) is 0.0720. The van der Waals surface area contributed by atoms with E-state index in [4.69, 9.17) is 24.4 Å². The van der Waals surface area contributed by atoms with E-state index < -0.39 is 30.1 Å². The van der Waals surface area contributed by atoms with Crippen LogP contribution < -0.4 is 15.4 Å². The SMILES string of the molecule is C#CC(=O)C(C)(C)C.C#CC(=O)NC(C)(C)C.C=C(C1=CCCCC1)C(C)(C)C.C=CC(=O)C(C)(C)C.C=CC(=O)N(CCC)C(C)(C)C.C=CC(=O)NC(C)(C)C.C=CS(=O)(=O)C(C)(C)C.C=CS(=O)(=O)NC(C)(C)C.CC(C)(C)C(=O)C1=CCCC1.CC(C)(C)c1ccnc(Cl)n1.CCC/C=C/C(=O)C(C)(C)C. The van der Waals surface area contributed by atoms with E-state index in [1.165, 1.54) is 55.1 Å². The van der Waals surface area contributed by atoms with Gasteiger partial charge in [0.05, 0.1) is 10.4 Å². The first-order valence-corrected chi connectivity index (χ1v) is 41.1. The van der Waals surface area contributed by atoms with Gasteiger partial charge in [0.25, 0.3) is 5.91 Å². The summed E-state index contributed by atoms with van der Waals surface area (Å²) in [6.07, 6.45) is 35.0. The van der Waals surface area contributed by atoms with Gasteiger partial charge in [-0.3, -0.25) is 33.6 Å². The maximum atomic E-state index is 11.6. The molecule has 0 aromatic carbocycles. The Bertz CT molecular complexity index is 3480. The minimum absolute atomic E-state index is 0.0179. The normalized spacial score (nSPS) is 13.0. The lowest BCUT2D eigenvalue weighted by Crippen LogP contribution is -2.45. The monoisotopic (exact) mass is 1600 g/mol. The number of Topliss-reactive ketones (excluding diaryl/α,β-unsaturated/α-hetero) is 2. The van der Waals surface area contributed by atoms with Crippen LogP contribution in [0.25, 0.3) is 0 Å². The molecule has 0 spiro atoms. The number of carbonyl (C=O) groups is 7. The number of terminal acetylenes is 2. The molecule has 0 saturated heterocycles. The second-order valence-corrected chi connectivity index (χ2v) is 41.9. The van der Waals surface area contributed by atoms with Gasteiger partial charge in [0.1, 0.15) is 0 Å². The van der Waals surface area contributed by atoms with Crippen LogP contribution in [0.5, 0.6) is 0 Å². The number of ketones is 4. The standard InChI is InChI=1S/C12H20.C10H19NO.C10H16O.C10H18O.C8H11ClN2.C7H13NO.C7H11NO.C7H12O.C7H10O.C6H13NO2S.C6H12O2S/c1-10(12(2,3)4)11-8-6-5-7-9-11;1-6-8-11(9(12)7-2)10(3,4)5;1-10(2,3)9(11)8-6-4-5-7-8;1-5-6-7-8-9(11)10(2,3)4;1-8(2,3)6-4-5-10-7(9)11-6;2*1-5-6(9)8-7(2,3)4;2*1-5-6(8)7(2,3)4;1-5-10(8,9)7-6(2,3)4;1-5-9(7,8)6(2,3)4/h8H,1,5-7,9H2,2-4H3;7H,2,6,8H2,1,3-5H3;6H,4-5,7H2,1-3H3;7-8H,5-6H2,1-4H3;4-5H,1-3H3;5H,1H2,2-4H3,(H,8,9);1H,2-4H3,(H,8,9);5H,1H2,2-4H3;1H,2-4H3;5,7H,1H2,2-4H3;5H,1H2,2-4H3/b;;;8-7+;;;;;;;. The third-order valence-corrected chi connectivity index (χ3v) is 17.6. The predicted octanol–water partition coefficient (Wildman–Crippen LogP) is 21.2. The van der Waals surface area contributed by atoms with E-state index in [1.807, 2.05) is 148 Å². The zero-order valence-corrected chi connectivity index (χ0v) is 77.9. The first-order chi connectivity index (χ1) is 48.9. The molecule has 2 aliphatic rings. The highest BCUT2D eigenvalue weighted by Gasteiger charge is 2.28. The second-order valence-electron chi connectivity index (χ2n) is 37.3. The largest absolute Gasteiger partial charge is 0.348 e. The number of sulfonamides is 1. The molecule has 0 bridgehead atoms. The summed E-state index contributed by atoms with van der Waals surface area (Å²) in [6.45, 7) is 89.2. The van der Waals surface area contributed by atoms with Crippen molar-refractivity contribution in [2.45, 2.75) is 339 Å². The first-order valence-electron chi connectivity index (χ1n) is 37.6. The fourth-order valence-electron chi connectivity index (χ4n) is 7.46. The molecular formula is C90H155ClN6O11S2. The summed E-state index contributed by atoms with van der Waals surface area (Å²) in [5, 5.41) is 7.52. The summed E-state index contributed by atoms with van der Waals surface area (Å²) in [4.78, 5) is 86.3. The molecule has 1 aromatic rings. The van der Waals surface area contributed by atoms with Crippen molar-refractivity contribution in [3.05, 3.63) is 133 Å². The molecule has 1 heterocycles. The predicted molar refractivity (Wildman–Crippen MR) is 471 cm³/mol. The molecule has 0 aliphatic heterocycles. The van der Waals surface area contributed by atoms with Gasteiger partial charge in [0, 0.05) is 72.8 Å². The Labute approximate surface area is 678 Å². The molecule has 630 valence electrons. The summed E-state index contributed by atoms with van der Waals surface area (Å²) in [5.41, 5.74) is 3.27. The molecule has 110 heavy (non-hydrogen) atoms. The average Bonchev–Trinajstić information content (AvgIpc) is 1.47. The first kappa shape index (κ1) is 119. The summed E-state index contributed by atoms with van der Waals surface area (Å²) >= 11 is 5.63. The van der Waals surface area contributed by atoms with E-state index in [2.05, 4.69) is 138 Å². The number of unbranched alkanes of at least 4 members (excludes halogenated alkanes) is 1. The summed E-state index contributed by atoms with van der Waals surface area (Å²) < 4.78 is 45.1. The van der Waals surface area contributed by atoms with E-state index in [1.54, 1.807) is 74.6 Å². The maximum absolute atomic E-state index is 11.6. The number of hydrogen-bond acceptors (Lipinski definition) is 13. The number of aromatic nitrogens is 2. The van der Waals surface area contributed by atoms with Crippen LogP contribution in [0.4, 0.5) is 0 Å². The molecule has 20 heteroatoms. The number of carbonyl (C=O) groups excluding carboxylic acids is 7. The Hall–Kier alpha value is -6.90. The topological polar surface area (TPSA) is 253 Å². The highest BCUT2D eigenvalue weighted by Crippen LogP contribution is 2.34. The Kier molecular flexibility index (Phi) is 58.3. The van der Waals surface area contributed by atoms with E-state index >= 15 is 0 Å². The van der Waals surface area contributed by atoms with Crippen LogP contribution in [0.1, 0.15) is 312 Å². The van der Waals surface area contributed by atoms with Crippen molar-refractivity contribution in [1.82, 2.24) is 30.2 Å². The molecule has 17 nitrogen and oxygen atoms in total. The molecule has 1 aromatic heterocycles. The smallest absolute Gasteiger partial charge is 0.296 e. The highest BCUT2D eigenvalue weighted by atomic mass is 35.5. The molecule has 0 radical (unpaired) electrons. The van der Waals surface area contributed by atoms with Gasteiger partial charge in [0.2, 0.25) is 32.9 Å². The van der Waals surface area contributed by atoms with Crippen molar-refractivity contribution in [2.75, 3.05) is 6.54 Å². The fourth-order valence-corrected chi connectivity index (χ4v) is 9.05. The molecule has 3 N–H and O–H groups in total. The van der Waals surface area contributed by atoms with E-state index in [-0.39, 0.29) is 84.2 Å². The van der Waals surface area contributed by atoms with Crippen LogP contribution in [-0.4, -0.2) is 106 Å². The van der Waals surface area contributed by atoms with Crippen LogP contribution in [0.2, 0.25) is 5.28 Å². The minimum Gasteiger partial charge on any atom is -0.348 e. The van der Waals surface area contributed by atoms with Crippen molar-refractivity contribution in [3.63, 3.8) is 0 Å². The van der Waals surface area contributed by atoms with Gasteiger partial charge in [0.15, 0.2) is 27.2 Å². The summed E-state index contributed by atoms with van der Waals surface area (Å²) in [5.74, 6) is 4.07. The number of amides is 3. The second kappa shape index (κ2) is 53.9. The highest BCUT2D eigenvalue weighted by molar-refractivity contribution is 7.95. The van der Waals surface area contributed by atoms with Gasteiger partial charge in [-0.25, -0.2) is 31.5 Å². The molecule has 0 fully saturated rings. The van der Waals surface area contributed by atoms with Crippen molar-refractivity contribution in [1.29, 1.82) is 0 Å². The van der Waals surface area contributed by atoms with Crippen LogP contribution in [0.15, 0.2) is 122 Å². The van der Waals surface area contributed by atoms with E-state index in [9.17, 15) is 50.4 Å². The molecular weight excluding hydrogens is 1440 g/mol. The Morgan fingerprint density at radius 1 is 0.555 bits per heavy atom. The third-order valence-electron chi connectivity index (χ3n) is 13.9. The third kappa shape index (κ3) is 69.1. The lowest BCUT2D eigenvalue weighted by atomic mass is 9.79.